The standard InChI is InChI=1S/C12H19NS/c13-12(6-3-1-2-4-7-12)9-11-5-8-14-10-11/h5,8,10H,1-4,6-7,9,13H2. The second kappa shape index (κ2) is 4.45. The number of thiophene rings is 1. The van der Waals surface area contributed by atoms with Crippen molar-refractivity contribution in [2.45, 2.75) is 50.5 Å². The van der Waals surface area contributed by atoms with Gasteiger partial charge in [-0.15, -0.1) is 0 Å². The third kappa shape index (κ3) is 2.58. The quantitative estimate of drug-likeness (QED) is 0.743. The monoisotopic (exact) mass is 209 g/mol. The number of hydrogen-bond acceptors (Lipinski definition) is 2. The zero-order chi connectivity index (χ0) is 9.86. The van der Waals surface area contributed by atoms with E-state index < -0.39 is 0 Å². The molecule has 2 heteroatoms. The van der Waals surface area contributed by atoms with Crippen LogP contribution in [0.5, 0.6) is 0 Å². The van der Waals surface area contributed by atoms with E-state index in [0.29, 0.717) is 0 Å². The molecule has 2 rings (SSSR count). The highest BCUT2D eigenvalue weighted by Crippen LogP contribution is 2.28. The van der Waals surface area contributed by atoms with Crippen molar-refractivity contribution in [3.63, 3.8) is 0 Å². The van der Waals surface area contributed by atoms with Crippen molar-refractivity contribution in [1.82, 2.24) is 0 Å². The largest absolute Gasteiger partial charge is 0.325 e. The minimum atomic E-state index is 0.0948. The summed E-state index contributed by atoms with van der Waals surface area (Å²) < 4.78 is 0. The van der Waals surface area contributed by atoms with Gasteiger partial charge in [-0.05, 0) is 41.7 Å². The molecule has 1 heterocycles. The van der Waals surface area contributed by atoms with Gasteiger partial charge < -0.3 is 5.73 Å². The van der Waals surface area contributed by atoms with Gasteiger partial charge in [0.25, 0.3) is 0 Å². The molecule has 1 aromatic heterocycles. The average molecular weight is 209 g/mol. The molecule has 0 spiro atoms. The summed E-state index contributed by atoms with van der Waals surface area (Å²) in [5.41, 5.74) is 7.98. The minimum absolute atomic E-state index is 0.0948. The van der Waals surface area contributed by atoms with Gasteiger partial charge in [-0.2, -0.15) is 11.3 Å². The maximum absolute atomic E-state index is 6.45. The summed E-state index contributed by atoms with van der Waals surface area (Å²) in [6.45, 7) is 0. The molecule has 0 atom stereocenters. The zero-order valence-electron chi connectivity index (χ0n) is 8.67. The number of hydrogen-bond donors (Lipinski definition) is 1. The number of rotatable bonds is 2. The summed E-state index contributed by atoms with van der Waals surface area (Å²) in [7, 11) is 0. The summed E-state index contributed by atoms with van der Waals surface area (Å²) in [6.07, 6.45) is 8.90. The molecule has 1 nitrogen and oxygen atoms in total. The van der Waals surface area contributed by atoms with E-state index in [1.165, 1.54) is 44.1 Å². The Labute approximate surface area is 90.3 Å². The first kappa shape index (κ1) is 10.2. The molecule has 0 saturated heterocycles. The molecule has 1 aliphatic rings. The van der Waals surface area contributed by atoms with Crippen molar-refractivity contribution in [2.75, 3.05) is 0 Å². The van der Waals surface area contributed by atoms with E-state index in [0.717, 1.165) is 6.42 Å². The van der Waals surface area contributed by atoms with Crippen LogP contribution in [0, 0.1) is 0 Å². The Morgan fingerprint density at radius 1 is 1.21 bits per heavy atom. The smallest absolute Gasteiger partial charge is 0.0195 e. The minimum Gasteiger partial charge on any atom is -0.325 e. The molecule has 0 amide bonds. The SMILES string of the molecule is NC1(Cc2ccsc2)CCCCCC1. The molecule has 78 valence electrons. The second-order valence-electron chi connectivity index (χ2n) is 4.58. The first-order valence-corrected chi connectivity index (χ1v) is 6.53. The van der Waals surface area contributed by atoms with Crippen LogP contribution in [-0.2, 0) is 6.42 Å². The Kier molecular flexibility index (Phi) is 3.24. The summed E-state index contributed by atoms with van der Waals surface area (Å²) in [5.74, 6) is 0. The molecular weight excluding hydrogens is 190 g/mol. The van der Waals surface area contributed by atoms with Crippen LogP contribution >= 0.6 is 11.3 Å². The molecule has 2 N–H and O–H groups in total. The van der Waals surface area contributed by atoms with Crippen molar-refractivity contribution >= 4 is 11.3 Å². The molecule has 1 fully saturated rings. The third-order valence-electron chi connectivity index (χ3n) is 3.24. The topological polar surface area (TPSA) is 26.0 Å². The fraction of sp³-hybridized carbons (Fsp3) is 0.667. The summed E-state index contributed by atoms with van der Waals surface area (Å²) >= 11 is 1.78. The van der Waals surface area contributed by atoms with Gasteiger partial charge in [-0.25, -0.2) is 0 Å². The predicted octanol–water partition coefficient (Wildman–Crippen LogP) is 3.34. The maximum Gasteiger partial charge on any atom is 0.0195 e. The van der Waals surface area contributed by atoms with Crippen molar-refractivity contribution in [3.8, 4) is 0 Å². The van der Waals surface area contributed by atoms with E-state index in [1.807, 2.05) is 0 Å². The first-order chi connectivity index (χ1) is 6.79. The van der Waals surface area contributed by atoms with Gasteiger partial charge in [0.15, 0.2) is 0 Å². The normalized spacial score (nSPS) is 21.8. The van der Waals surface area contributed by atoms with Crippen LogP contribution in [0.1, 0.15) is 44.1 Å². The number of nitrogens with two attached hydrogens (primary N) is 1. The van der Waals surface area contributed by atoms with E-state index >= 15 is 0 Å². The van der Waals surface area contributed by atoms with Crippen LogP contribution in [0.15, 0.2) is 16.8 Å². The molecule has 1 saturated carbocycles. The van der Waals surface area contributed by atoms with Crippen LogP contribution in [0.2, 0.25) is 0 Å². The van der Waals surface area contributed by atoms with Crippen molar-refractivity contribution < 1.29 is 0 Å². The summed E-state index contributed by atoms with van der Waals surface area (Å²) in [4.78, 5) is 0. The lowest BCUT2D eigenvalue weighted by Crippen LogP contribution is -2.41. The van der Waals surface area contributed by atoms with Gasteiger partial charge in [0.05, 0.1) is 0 Å². The fourth-order valence-corrected chi connectivity index (χ4v) is 3.08. The van der Waals surface area contributed by atoms with Gasteiger partial charge in [-0.1, -0.05) is 25.7 Å². The molecule has 0 aromatic carbocycles. The Morgan fingerprint density at radius 2 is 1.93 bits per heavy atom. The van der Waals surface area contributed by atoms with Gasteiger partial charge in [0.1, 0.15) is 0 Å². The Bertz CT molecular complexity index is 258. The van der Waals surface area contributed by atoms with Gasteiger partial charge >= 0.3 is 0 Å². The third-order valence-corrected chi connectivity index (χ3v) is 3.97. The molecular formula is C12H19NS. The van der Waals surface area contributed by atoms with Crippen molar-refractivity contribution in [3.05, 3.63) is 22.4 Å². The predicted molar refractivity (Wildman–Crippen MR) is 62.6 cm³/mol. The lowest BCUT2D eigenvalue weighted by atomic mass is 9.86. The molecule has 0 unspecified atom stereocenters. The van der Waals surface area contributed by atoms with E-state index in [1.54, 1.807) is 11.3 Å². The molecule has 0 aliphatic heterocycles. The van der Waals surface area contributed by atoms with Crippen LogP contribution in [0.4, 0.5) is 0 Å². The summed E-state index contributed by atoms with van der Waals surface area (Å²) in [6, 6.07) is 2.21. The Hall–Kier alpha value is -0.340. The lowest BCUT2D eigenvalue weighted by molar-refractivity contribution is 0.369. The van der Waals surface area contributed by atoms with E-state index in [2.05, 4.69) is 16.8 Å². The van der Waals surface area contributed by atoms with Gasteiger partial charge in [0, 0.05) is 5.54 Å². The lowest BCUT2D eigenvalue weighted by Gasteiger charge is -2.27. The molecule has 1 aliphatic carbocycles. The van der Waals surface area contributed by atoms with Crippen LogP contribution < -0.4 is 5.73 Å². The molecule has 14 heavy (non-hydrogen) atoms. The zero-order valence-corrected chi connectivity index (χ0v) is 9.48. The fourth-order valence-electron chi connectivity index (χ4n) is 2.41. The van der Waals surface area contributed by atoms with E-state index in [-0.39, 0.29) is 5.54 Å². The Balaban J connectivity index is 1.99. The van der Waals surface area contributed by atoms with E-state index in [4.69, 9.17) is 5.73 Å². The van der Waals surface area contributed by atoms with Gasteiger partial charge in [0.2, 0.25) is 0 Å². The average Bonchev–Trinajstić information content (AvgIpc) is 2.55. The highest BCUT2D eigenvalue weighted by Gasteiger charge is 2.26. The van der Waals surface area contributed by atoms with Crippen molar-refractivity contribution in [2.24, 2.45) is 5.73 Å². The van der Waals surface area contributed by atoms with Crippen molar-refractivity contribution in [1.29, 1.82) is 0 Å². The van der Waals surface area contributed by atoms with Crippen LogP contribution in [0.3, 0.4) is 0 Å². The first-order valence-electron chi connectivity index (χ1n) is 5.58. The molecule has 0 bridgehead atoms. The van der Waals surface area contributed by atoms with Crippen LogP contribution in [0.25, 0.3) is 0 Å². The summed E-state index contributed by atoms with van der Waals surface area (Å²) in [5, 5.41) is 4.38. The highest BCUT2D eigenvalue weighted by molar-refractivity contribution is 7.07. The van der Waals surface area contributed by atoms with Crippen LogP contribution in [-0.4, -0.2) is 5.54 Å². The Morgan fingerprint density at radius 3 is 2.50 bits per heavy atom. The second-order valence-corrected chi connectivity index (χ2v) is 5.36. The maximum atomic E-state index is 6.45. The highest BCUT2D eigenvalue weighted by atomic mass is 32.1. The molecule has 1 aromatic rings. The molecule has 0 radical (unpaired) electrons. The van der Waals surface area contributed by atoms with Gasteiger partial charge in [-0.3, -0.25) is 0 Å². The van der Waals surface area contributed by atoms with E-state index in [9.17, 15) is 0 Å².